The third-order valence-corrected chi connectivity index (χ3v) is 2.68. The van der Waals surface area contributed by atoms with Gasteiger partial charge in [0.1, 0.15) is 0 Å². The molecule has 1 aliphatic heterocycles. The third-order valence-electron chi connectivity index (χ3n) is 2.68. The number of piperazine rings is 1. The molecule has 16 heavy (non-hydrogen) atoms. The Morgan fingerprint density at radius 3 is 2.50 bits per heavy atom. The Kier molecular flexibility index (Phi) is 2.84. The summed E-state index contributed by atoms with van der Waals surface area (Å²) >= 11 is 0. The maximum Gasteiger partial charge on any atom is 0.276 e. The predicted molar refractivity (Wildman–Crippen MR) is 54.7 cm³/mol. The average Bonchev–Trinajstić information content (AvgIpc) is 2.75. The summed E-state index contributed by atoms with van der Waals surface area (Å²) in [5.74, 6) is -0.128. The summed E-state index contributed by atoms with van der Waals surface area (Å²) in [7, 11) is 0. The van der Waals surface area contributed by atoms with Gasteiger partial charge in [0.25, 0.3) is 5.91 Å². The van der Waals surface area contributed by atoms with Crippen LogP contribution in [0.25, 0.3) is 0 Å². The molecule has 2 heterocycles. The second-order valence-corrected chi connectivity index (χ2v) is 3.69. The number of nitrogens with zero attached hydrogens (tertiary/aromatic N) is 4. The summed E-state index contributed by atoms with van der Waals surface area (Å²) in [4.78, 5) is 25.8. The van der Waals surface area contributed by atoms with Crippen molar-refractivity contribution in [3.63, 3.8) is 0 Å². The highest BCUT2D eigenvalue weighted by molar-refractivity contribution is 5.93. The van der Waals surface area contributed by atoms with E-state index in [4.69, 9.17) is 0 Å². The first-order valence-electron chi connectivity index (χ1n) is 5.08. The molecule has 0 saturated carbocycles. The zero-order chi connectivity index (χ0) is 11.5. The molecule has 0 aliphatic carbocycles. The zero-order valence-electron chi connectivity index (χ0n) is 9.01. The van der Waals surface area contributed by atoms with Crippen LogP contribution in [0.15, 0.2) is 0 Å². The van der Waals surface area contributed by atoms with Gasteiger partial charge in [0.15, 0.2) is 5.69 Å². The van der Waals surface area contributed by atoms with Gasteiger partial charge in [0.2, 0.25) is 6.41 Å². The Labute approximate surface area is 92.4 Å². The molecule has 7 nitrogen and oxygen atoms in total. The van der Waals surface area contributed by atoms with Gasteiger partial charge in [-0.1, -0.05) is 0 Å². The fraction of sp³-hybridized carbons (Fsp3) is 0.556. The van der Waals surface area contributed by atoms with Crippen LogP contribution in [0.5, 0.6) is 0 Å². The number of hydrogen-bond donors (Lipinski definition) is 1. The van der Waals surface area contributed by atoms with Crippen molar-refractivity contribution < 1.29 is 9.59 Å². The molecule has 0 bridgehead atoms. The minimum absolute atomic E-state index is 0.128. The summed E-state index contributed by atoms with van der Waals surface area (Å²) < 4.78 is 0. The molecule has 1 N–H and O–H groups in total. The van der Waals surface area contributed by atoms with E-state index >= 15 is 0 Å². The first-order valence-corrected chi connectivity index (χ1v) is 5.08. The van der Waals surface area contributed by atoms with Crippen LogP contribution in [-0.4, -0.2) is 63.7 Å². The number of aromatic amines is 1. The SMILES string of the molecule is Cc1n[nH]nc1C(=O)N1CCN(C=O)CC1. The standard InChI is InChI=1S/C9H13N5O2/c1-7-8(11-12-10-7)9(16)14-4-2-13(6-15)3-5-14/h6H,2-5H2,1H3,(H,10,11,12). The largest absolute Gasteiger partial charge is 0.342 e. The highest BCUT2D eigenvalue weighted by Gasteiger charge is 2.24. The van der Waals surface area contributed by atoms with Gasteiger partial charge in [-0.3, -0.25) is 9.59 Å². The van der Waals surface area contributed by atoms with Crippen molar-refractivity contribution in [2.45, 2.75) is 6.92 Å². The van der Waals surface area contributed by atoms with Crippen molar-refractivity contribution >= 4 is 12.3 Å². The van der Waals surface area contributed by atoms with Crippen LogP contribution in [0.4, 0.5) is 0 Å². The van der Waals surface area contributed by atoms with Crippen LogP contribution in [0.1, 0.15) is 16.2 Å². The van der Waals surface area contributed by atoms with Crippen molar-refractivity contribution in [3.05, 3.63) is 11.4 Å². The molecule has 1 aliphatic rings. The topological polar surface area (TPSA) is 82.2 Å². The van der Waals surface area contributed by atoms with Crippen molar-refractivity contribution in [3.8, 4) is 0 Å². The van der Waals surface area contributed by atoms with Gasteiger partial charge < -0.3 is 9.80 Å². The highest BCUT2D eigenvalue weighted by Crippen LogP contribution is 2.07. The van der Waals surface area contributed by atoms with Crippen LogP contribution in [0.3, 0.4) is 0 Å². The summed E-state index contributed by atoms with van der Waals surface area (Å²) in [5, 5.41) is 10.1. The Bertz CT molecular complexity index is 394. The minimum atomic E-state index is -0.128. The minimum Gasteiger partial charge on any atom is -0.342 e. The second-order valence-electron chi connectivity index (χ2n) is 3.69. The molecule has 0 unspecified atom stereocenters. The molecule has 2 amide bonds. The highest BCUT2D eigenvalue weighted by atomic mass is 16.2. The molecule has 1 saturated heterocycles. The normalized spacial score (nSPS) is 16.3. The first-order chi connectivity index (χ1) is 7.72. The van der Waals surface area contributed by atoms with Crippen LogP contribution in [0, 0.1) is 6.92 Å². The van der Waals surface area contributed by atoms with E-state index in [1.807, 2.05) is 0 Å². The van der Waals surface area contributed by atoms with E-state index in [0.717, 1.165) is 6.41 Å². The lowest BCUT2D eigenvalue weighted by Gasteiger charge is -2.32. The van der Waals surface area contributed by atoms with E-state index in [1.54, 1.807) is 16.7 Å². The molecule has 1 aromatic heterocycles. The van der Waals surface area contributed by atoms with Crippen molar-refractivity contribution in [2.75, 3.05) is 26.2 Å². The maximum atomic E-state index is 12.0. The van der Waals surface area contributed by atoms with Gasteiger partial charge in [-0.2, -0.15) is 15.4 Å². The molecule has 1 fully saturated rings. The lowest BCUT2D eigenvalue weighted by molar-refractivity contribution is -0.119. The zero-order valence-corrected chi connectivity index (χ0v) is 9.01. The average molecular weight is 223 g/mol. The van der Waals surface area contributed by atoms with Gasteiger partial charge >= 0.3 is 0 Å². The van der Waals surface area contributed by atoms with Crippen LogP contribution in [0.2, 0.25) is 0 Å². The molecule has 0 aromatic carbocycles. The molecular weight excluding hydrogens is 210 g/mol. The van der Waals surface area contributed by atoms with E-state index in [2.05, 4.69) is 15.4 Å². The predicted octanol–water partition coefficient (Wildman–Crippen LogP) is -0.973. The van der Waals surface area contributed by atoms with E-state index in [0.29, 0.717) is 37.6 Å². The smallest absolute Gasteiger partial charge is 0.276 e. The monoisotopic (exact) mass is 223 g/mol. The van der Waals surface area contributed by atoms with Gasteiger partial charge in [0.05, 0.1) is 5.69 Å². The number of carbonyl (C=O) groups is 2. The third kappa shape index (κ3) is 1.88. The molecule has 86 valence electrons. The number of rotatable bonds is 2. The molecule has 7 heteroatoms. The van der Waals surface area contributed by atoms with Gasteiger partial charge in [-0.05, 0) is 6.92 Å². The van der Waals surface area contributed by atoms with Crippen molar-refractivity contribution in [1.29, 1.82) is 0 Å². The Balaban J connectivity index is 2.02. The number of amides is 2. The van der Waals surface area contributed by atoms with Crippen LogP contribution < -0.4 is 0 Å². The van der Waals surface area contributed by atoms with E-state index in [-0.39, 0.29) is 5.91 Å². The summed E-state index contributed by atoms with van der Waals surface area (Å²) in [6, 6.07) is 0. The Morgan fingerprint density at radius 1 is 1.31 bits per heavy atom. The Hall–Kier alpha value is -1.92. The number of aromatic nitrogens is 3. The number of hydrogen-bond acceptors (Lipinski definition) is 4. The Morgan fingerprint density at radius 2 is 2.00 bits per heavy atom. The summed E-state index contributed by atoms with van der Waals surface area (Å²) in [5.41, 5.74) is 0.961. The van der Waals surface area contributed by atoms with E-state index in [1.165, 1.54) is 0 Å². The summed E-state index contributed by atoms with van der Waals surface area (Å²) in [6.07, 6.45) is 0.809. The van der Waals surface area contributed by atoms with E-state index in [9.17, 15) is 9.59 Å². The fourth-order valence-electron chi connectivity index (χ4n) is 1.67. The molecule has 0 radical (unpaired) electrons. The lowest BCUT2D eigenvalue weighted by Crippen LogP contribution is -2.48. The maximum absolute atomic E-state index is 12.0. The quantitative estimate of drug-likeness (QED) is 0.654. The van der Waals surface area contributed by atoms with Crippen LogP contribution in [-0.2, 0) is 4.79 Å². The number of H-pyrrole nitrogens is 1. The number of carbonyl (C=O) groups excluding carboxylic acids is 2. The molecular formula is C9H13N5O2. The number of aryl methyl sites for hydroxylation is 1. The van der Waals surface area contributed by atoms with Crippen LogP contribution >= 0.6 is 0 Å². The fourth-order valence-corrected chi connectivity index (χ4v) is 1.67. The van der Waals surface area contributed by atoms with Gasteiger partial charge in [-0.25, -0.2) is 0 Å². The number of nitrogens with one attached hydrogen (secondary N) is 1. The molecule has 0 spiro atoms. The summed E-state index contributed by atoms with van der Waals surface area (Å²) in [6.45, 7) is 3.98. The molecule has 1 aromatic rings. The van der Waals surface area contributed by atoms with Crippen molar-refractivity contribution in [2.24, 2.45) is 0 Å². The van der Waals surface area contributed by atoms with Gasteiger partial charge in [0, 0.05) is 26.2 Å². The second kappa shape index (κ2) is 4.30. The lowest BCUT2D eigenvalue weighted by atomic mass is 10.2. The van der Waals surface area contributed by atoms with E-state index < -0.39 is 0 Å². The molecule has 2 rings (SSSR count). The first kappa shape index (κ1) is 10.6. The van der Waals surface area contributed by atoms with Gasteiger partial charge in [-0.15, -0.1) is 0 Å². The van der Waals surface area contributed by atoms with Crippen molar-refractivity contribution in [1.82, 2.24) is 25.2 Å². The molecule has 0 atom stereocenters.